The topological polar surface area (TPSA) is 77.8 Å². The zero-order chi connectivity index (χ0) is 11.1. The second-order valence-corrected chi connectivity index (χ2v) is 6.00. The summed E-state index contributed by atoms with van der Waals surface area (Å²) in [5.41, 5.74) is 11.1. The summed E-state index contributed by atoms with van der Waals surface area (Å²) in [4.78, 5) is 8.09. The van der Waals surface area contributed by atoms with Crippen LogP contribution in [-0.2, 0) is 0 Å². The molecule has 1 aromatic rings. The third-order valence-corrected chi connectivity index (χ3v) is 4.05. The zero-order valence-corrected chi connectivity index (χ0v) is 10.1. The van der Waals surface area contributed by atoms with Gasteiger partial charge in [-0.05, 0) is 6.42 Å². The summed E-state index contributed by atoms with van der Waals surface area (Å²) in [5, 5.41) is 0.573. The molecule has 2 rings (SSSR count). The van der Waals surface area contributed by atoms with E-state index in [9.17, 15) is 0 Å². The van der Waals surface area contributed by atoms with Gasteiger partial charge in [-0.1, -0.05) is 11.8 Å². The first kappa shape index (κ1) is 11.1. The van der Waals surface area contributed by atoms with Crippen molar-refractivity contribution in [1.82, 2.24) is 9.97 Å². The van der Waals surface area contributed by atoms with Crippen LogP contribution in [-0.4, -0.2) is 20.1 Å². The molecule has 1 saturated carbocycles. The van der Waals surface area contributed by atoms with Crippen molar-refractivity contribution in [3.63, 3.8) is 0 Å². The fourth-order valence-electron chi connectivity index (χ4n) is 1.15. The Morgan fingerprint density at radius 1 is 1.40 bits per heavy atom. The molecule has 0 radical (unpaired) electrons. The number of alkyl halides is 2. The highest BCUT2D eigenvalue weighted by Gasteiger charge is 2.51. The molecule has 0 aromatic carbocycles. The molecule has 1 unspecified atom stereocenters. The molecule has 4 N–H and O–H groups in total. The minimum absolute atomic E-state index is 0.303. The first-order valence-electron chi connectivity index (χ1n) is 4.38. The Morgan fingerprint density at radius 2 is 1.93 bits per heavy atom. The number of halogens is 2. The number of thioether (sulfide) groups is 1. The molecule has 0 saturated heterocycles. The van der Waals surface area contributed by atoms with Crippen molar-refractivity contribution < 1.29 is 0 Å². The zero-order valence-electron chi connectivity index (χ0n) is 7.78. The van der Waals surface area contributed by atoms with Crippen molar-refractivity contribution in [2.45, 2.75) is 15.9 Å². The SMILES string of the molecule is Nc1cc(N)nc(SCC2CC2(Cl)Cl)n1. The molecule has 0 spiro atoms. The van der Waals surface area contributed by atoms with E-state index in [1.54, 1.807) is 0 Å². The molecular weight excluding hydrogens is 255 g/mol. The Balaban J connectivity index is 1.94. The summed E-state index contributed by atoms with van der Waals surface area (Å²) in [6, 6.07) is 1.52. The molecule has 0 bridgehead atoms. The van der Waals surface area contributed by atoms with E-state index in [-0.39, 0.29) is 0 Å². The first-order valence-corrected chi connectivity index (χ1v) is 6.12. The third-order valence-electron chi connectivity index (χ3n) is 2.11. The number of hydrogen-bond acceptors (Lipinski definition) is 5. The van der Waals surface area contributed by atoms with Gasteiger partial charge in [-0.15, -0.1) is 23.2 Å². The van der Waals surface area contributed by atoms with Crippen LogP contribution >= 0.6 is 35.0 Å². The highest BCUT2D eigenvalue weighted by molar-refractivity contribution is 7.99. The summed E-state index contributed by atoms with van der Waals surface area (Å²) in [5.74, 6) is 1.85. The third kappa shape index (κ3) is 2.80. The molecule has 1 aliphatic rings. The number of aromatic nitrogens is 2. The van der Waals surface area contributed by atoms with Gasteiger partial charge in [0.05, 0.1) is 0 Å². The van der Waals surface area contributed by atoms with Gasteiger partial charge in [0, 0.05) is 17.7 Å². The van der Waals surface area contributed by atoms with E-state index in [0.717, 1.165) is 12.2 Å². The van der Waals surface area contributed by atoms with Gasteiger partial charge in [-0.3, -0.25) is 0 Å². The van der Waals surface area contributed by atoms with Crippen molar-refractivity contribution in [2.24, 2.45) is 5.92 Å². The summed E-state index contributed by atoms with van der Waals surface area (Å²) < 4.78 is -0.557. The van der Waals surface area contributed by atoms with Crippen LogP contribution in [0.3, 0.4) is 0 Å². The molecular formula is C8H10Cl2N4S. The molecule has 82 valence electrons. The van der Waals surface area contributed by atoms with E-state index < -0.39 is 4.33 Å². The number of nitrogens with two attached hydrogens (primary N) is 2. The highest BCUT2D eigenvalue weighted by atomic mass is 35.5. The molecule has 1 atom stereocenters. The van der Waals surface area contributed by atoms with Crippen LogP contribution in [0.5, 0.6) is 0 Å². The lowest BCUT2D eigenvalue weighted by Crippen LogP contribution is -2.00. The molecule has 1 fully saturated rings. The number of rotatable bonds is 3. The van der Waals surface area contributed by atoms with Crippen LogP contribution in [0.4, 0.5) is 11.6 Å². The van der Waals surface area contributed by atoms with E-state index >= 15 is 0 Å². The molecule has 1 heterocycles. The van der Waals surface area contributed by atoms with Crippen LogP contribution in [0.2, 0.25) is 0 Å². The van der Waals surface area contributed by atoms with E-state index in [4.69, 9.17) is 34.7 Å². The second-order valence-electron chi connectivity index (χ2n) is 3.47. The quantitative estimate of drug-likeness (QED) is 0.496. The number of nitrogen functional groups attached to an aromatic ring is 2. The van der Waals surface area contributed by atoms with Crippen LogP contribution in [0.15, 0.2) is 11.2 Å². The van der Waals surface area contributed by atoms with Gasteiger partial charge in [-0.2, -0.15) is 0 Å². The summed E-state index contributed by atoms with van der Waals surface area (Å²) in [6.07, 6.45) is 0.820. The summed E-state index contributed by atoms with van der Waals surface area (Å²) in [6.45, 7) is 0. The first-order chi connectivity index (χ1) is 6.97. The van der Waals surface area contributed by atoms with Crippen molar-refractivity contribution in [3.8, 4) is 0 Å². The van der Waals surface area contributed by atoms with Gasteiger partial charge in [0.1, 0.15) is 16.0 Å². The van der Waals surface area contributed by atoms with Gasteiger partial charge in [0.2, 0.25) is 0 Å². The van der Waals surface area contributed by atoms with Gasteiger partial charge in [0.15, 0.2) is 5.16 Å². The predicted octanol–water partition coefficient (Wildman–Crippen LogP) is 1.93. The largest absolute Gasteiger partial charge is 0.383 e. The minimum Gasteiger partial charge on any atom is -0.383 e. The van der Waals surface area contributed by atoms with E-state index in [1.165, 1.54) is 17.8 Å². The molecule has 1 aromatic heterocycles. The Labute approximate surface area is 102 Å². The summed E-state index contributed by atoms with van der Waals surface area (Å²) >= 11 is 13.3. The maximum Gasteiger partial charge on any atom is 0.191 e. The van der Waals surface area contributed by atoms with Crippen LogP contribution in [0.1, 0.15) is 6.42 Å². The van der Waals surface area contributed by atoms with Crippen molar-refractivity contribution in [2.75, 3.05) is 17.2 Å². The van der Waals surface area contributed by atoms with Crippen LogP contribution in [0, 0.1) is 5.92 Å². The van der Waals surface area contributed by atoms with E-state index in [0.29, 0.717) is 22.7 Å². The van der Waals surface area contributed by atoms with Gasteiger partial charge in [0.25, 0.3) is 0 Å². The average Bonchev–Trinajstić information content (AvgIpc) is 2.69. The maximum absolute atomic E-state index is 5.90. The normalized spacial score (nSPS) is 22.7. The predicted molar refractivity (Wildman–Crippen MR) is 64.1 cm³/mol. The van der Waals surface area contributed by atoms with Crippen LogP contribution < -0.4 is 11.5 Å². The van der Waals surface area contributed by atoms with Crippen molar-refractivity contribution >= 4 is 46.6 Å². The Bertz CT molecular complexity index is 365. The van der Waals surface area contributed by atoms with Gasteiger partial charge < -0.3 is 11.5 Å². The molecule has 0 aliphatic heterocycles. The fraction of sp³-hybridized carbons (Fsp3) is 0.500. The lowest BCUT2D eigenvalue weighted by Gasteiger charge is -2.02. The van der Waals surface area contributed by atoms with Gasteiger partial charge in [-0.25, -0.2) is 9.97 Å². The van der Waals surface area contributed by atoms with Crippen molar-refractivity contribution in [3.05, 3.63) is 6.07 Å². The standard InChI is InChI=1S/C8H10Cl2N4S/c9-8(10)2-4(8)3-15-7-13-5(11)1-6(12)14-7/h1,4H,2-3H2,(H4,11,12,13,14). The maximum atomic E-state index is 5.90. The Morgan fingerprint density at radius 3 is 2.40 bits per heavy atom. The molecule has 15 heavy (non-hydrogen) atoms. The van der Waals surface area contributed by atoms with Crippen molar-refractivity contribution in [1.29, 1.82) is 0 Å². The minimum atomic E-state index is -0.557. The van der Waals surface area contributed by atoms with Crippen LogP contribution in [0.25, 0.3) is 0 Å². The number of anilines is 2. The molecule has 1 aliphatic carbocycles. The smallest absolute Gasteiger partial charge is 0.191 e. The number of hydrogen-bond donors (Lipinski definition) is 2. The fourth-order valence-corrected chi connectivity index (χ4v) is 2.95. The molecule has 7 heteroatoms. The summed E-state index contributed by atoms with van der Waals surface area (Å²) in [7, 11) is 0. The molecule has 4 nitrogen and oxygen atoms in total. The van der Waals surface area contributed by atoms with E-state index in [1.807, 2.05) is 0 Å². The highest BCUT2D eigenvalue weighted by Crippen LogP contribution is 2.54. The Hall–Kier alpha value is -0.390. The number of nitrogens with zero attached hydrogens (tertiary/aromatic N) is 2. The second kappa shape index (κ2) is 3.88. The van der Waals surface area contributed by atoms with E-state index in [2.05, 4.69) is 9.97 Å². The molecule has 0 amide bonds. The lowest BCUT2D eigenvalue weighted by molar-refractivity contribution is 0.947. The lowest BCUT2D eigenvalue weighted by atomic mass is 10.5. The van der Waals surface area contributed by atoms with Gasteiger partial charge >= 0.3 is 0 Å². The Kier molecular flexibility index (Phi) is 2.87. The monoisotopic (exact) mass is 264 g/mol. The average molecular weight is 265 g/mol.